The smallest absolute Gasteiger partial charge is 0.134 e. The normalized spacial score (nSPS) is 10.4. The van der Waals surface area contributed by atoms with Gasteiger partial charge in [0.1, 0.15) is 17.3 Å². The molecule has 3 rings (SSSR count). The Balaban J connectivity index is 1.88. The van der Waals surface area contributed by atoms with Crippen LogP contribution in [0.5, 0.6) is 0 Å². The number of hydrogen-bond acceptors (Lipinski definition) is 3. The molecule has 1 heterocycles. The Bertz CT molecular complexity index is 675. The topological polar surface area (TPSA) is 29.0 Å². The highest BCUT2D eigenvalue weighted by molar-refractivity contribution is 6.29. The van der Waals surface area contributed by atoms with Crippen LogP contribution in [0.3, 0.4) is 0 Å². The summed E-state index contributed by atoms with van der Waals surface area (Å²) in [7, 11) is 0. The molecule has 0 N–H and O–H groups in total. The van der Waals surface area contributed by atoms with Crippen molar-refractivity contribution in [2.45, 2.75) is 13.1 Å². The number of halogens is 1. The van der Waals surface area contributed by atoms with Crippen molar-refractivity contribution in [2.75, 3.05) is 4.90 Å². The van der Waals surface area contributed by atoms with Gasteiger partial charge in [0.05, 0.1) is 0 Å². The van der Waals surface area contributed by atoms with Gasteiger partial charge in [-0.15, -0.1) is 0 Å². The maximum atomic E-state index is 6.02. The fourth-order valence-electron chi connectivity index (χ4n) is 2.32. The van der Waals surface area contributed by atoms with E-state index in [1.165, 1.54) is 17.5 Å². The number of anilines is 1. The Labute approximate surface area is 135 Å². The third kappa shape index (κ3) is 3.83. The Morgan fingerprint density at radius 2 is 1.32 bits per heavy atom. The summed E-state index contributed by atoms with van der Waals surface area (Å²) in [5.41, 5.74) is 2.46. The summed E-state index contributed by atoms with van der Waals surface area (Å²) in [6, 6.07) is 22.5. The van der Waals surface area contributed by atoms with E-state index in [9.17, 15) is 0 Å². The highest BCUT2D eigenvalue weighted by Gasteiger charge is 2.10. The molecule has 0 radical (unpaired) electrons. The van der Waals surface area contributed by atoms with E-state index in [2.05, 4.69) is 39.1 Å². The lowest BCUT2D eigenvalue weighted by Crippen LogP contribution is -2.23. The van der Waals surface area contributed by atoms with E-state index in [1.807, 2.05) is 36.4 Å². The Morgan fingerprint density at radius 3 is 1.82 bits per heavy atom. The van der Waals surface area contributed by atoms with Crippen LogP contribution in [0.15, 0.2) is 73.1 Å². The summed E-state index contributed by atoms with van der Waals surface area (Å²) in [6.07, 6.45) is 1.50. The van der Waals surface area contributed by atoms with Gasteiger partial charge < -0.3 is 4.90 Å². The summed E-state index contributed by atoms with van der Waals surface area (Å²) >= 11 is 6.02. The molecule has 0 aliphatic heterocycles. The van der Waals surface area contributed by atoms with Gasteiger partial charge in [-0.1, -0.05) is 72.3 Å². The fraction of sp³-hybridized carbons (Fsp3) is 0.111. The van der Waals surface area contributed by atoms with E-state index >= 15 is 0 Å². The minimum Gasteiger partial charge on any atom is -0.348 e. The molecule has 3 aromatic rings. The predicted molar refractivity (Wildman–Crippen MR) is 89.8 cm³/mol. The molecule has 0 saturated carbocycles. The zero-order valence-corrected chi connectivity index (χ0v) is 12.8. The number of aromatic nitrogens is 2. The van der Waals surface area contributed by atoms with Crippen molar-refractivity contribution in [3.63, 3.8) is 0 Å². The van der Waals surface area contributed by atoms with Crippen molar-refractivity contribution < 1.29 is 0 Å². The largest absolute Gasteiger partial charge is 0.348 e. The van der Waals surface area contributed by atoms with Gasteiger partial charge in [-0.3, -0.25) is 0 Å². The molecule has 110 valence electrons. The second-order valence-corrected chi connectivity index (χ2v) is 5.41. The van der Waals surface area contributed by atoms with Gasteiger partial charge in [-0.05, 0) is 11.1 Å². The molecule has 2 aromatic carbocycles. The first kappa shape index (κ1) is 14.5. The van der Waals surface area contributed by atoms with Gasteiger partial charge in [-0.2, -0.15) is 0 Å². The van der Waals surface area contributed by atoms with Crippen molar-refractivity contribution in [1.82, 2.24) is 9.97 Å². The van der Waals surface area contributed by atoms with Crippen LogP contribution in [0.1, 0.15) is 11.1 Å². The first-order valence-corrected chi connectivity index (χ1v) is 7.49. The molecule has 1 aromatic heterocycles. The monoisotopic (exact) mass is 309 g/mol. The van der Waals surface area contributed by atoms with E-state index in [0.717, 1.165) is 18.9 Å². The van der Waals surface area contributed by atoms with Gasteiger partial charge >= 0.3 is 0 Å². The van der Waals surface area contributed by atoms with Gasteiger partial charge in [0.25, 0.3) is 0 Å². The summed E-state index contributed by atoms with van der Waals surface area (Å²) in [4.78, 5) is 10.5. The summed E-state index contributed by atoms with van der Waals surface area (Å²) in [5.74, 6) is 0.827. The predicted octanol–water partition coefficient (Wildman–Crippen LogP) is 4.34. The van der Waals surface area contributed by atoms with Gasteiger partial charge in [0.15, 0.2) is 0 Å². The lowest BCUT2D eigenvalue weighted by Gasteiger charge is -2.24. The SMILES string of the molecule is Clc1cc(N(Cc2ccccc2)Cc2ccccc2)ncn1. The van der Waals surface area contributed by atoms with Crippen molar-refractivity contribution in [2.24, 2.45) is 0 Å². The number of hydrogen-bond donors (Lipinski definition) is 0. The van der Waals surface area contributed by atoms with Crippen molar-refractivity contribution in [1.29, 1.82) is 0 Å². The number of benzene rings is 2. The summed E-state index contributed by atoms with van der Waals surface area (Å²) in [6.45, 7) is 1.53. The molecular formula is C18H16ClN3. The molecular weight excluding hydrogens is 294 g/mol. The van der Waals surface area contributed by atoms with E-state index in [0.29, 0.717) is 5.15 Å². The lowest BCUT2D eigenvalue weighted by atomic mass is 10.1. The molecule has 0 spiro atoms. The highest BCUT2D eigenvalue weighted by Crippen LogP contribution is 2.19. The standard InChI is InChI=1S/C18H16ClN3/c19-17-11-18(21-14-20-17)22(12-15-7-3-1-4-8-15)13-16-9-5-2-6-10-16/h1-11,14H,12-13H2. The lowest BCUT2D eigenvalue weighted by molar-refractivity contribution is 0.780. The third-order valence-electron chi connectivity index (χ3n) is 3.38. The molecule has 0 amide bonds. The molecule has 0 aliphatic carbocycles. The van der Waals surface area contributed by atoms with Crippen LogP contribution in [0, 0.1) is 0 Å². The minimum absolute atomic E-state index is 0.455. The zero-order chi connectivity index (χ0) is 15.2. The molecule has 0 saturated heterocycles. The average Bonchev–Trinajstić information content (AvgIpc) is 2.56. The molecule has 3 nitrogen and oxygen atoms in total. The van der Waals surface area contributed by atoms with Gasteiger partial charge in [0, 0.05) is 19.2 Å². The van der Waals surface area contributed by atoms with Gasteiger partial charge in [0.2, 0.25) is 0 Å². The first-order chi connectivity index (χ1) is 10.8. The van der Waals surface area contributed by atoms with E-state index in [-0.39, 0.29) is 0 Å². The quantitative estimate of drug-likeness (QED) is 0.657. The van der Waals surface area contributed by atoms with Crippen LogP contribution in [-0.4, -0.2) is 9.97 Å². The second-order valence-electron chi connectivity index (χ2n) is 5.03. The summed E-state index contributed by atoms with van der Waals surface area (Å²) in [5, 5.41) is 0.455. The Kier molecular flexibility index (Phi) is 4.66. The average molecular weight is 310 g/mol. The Morgan fingerprint density at radius 1 is 0.773 bits per heavy atom. The zero-order valence-electron chi connectivity index (χ0n) is 12.1. The molecule has 0 aliphatic rings. The van der Waals surface area contributed by atoms with Crippen LogP contribution in [0.4, 0.5) is 5.82 Å². The van der Waals surface area contributed by atoms with Crippen LogP contribution in [-0.2, 0) is 13.1 Å². The first-order valence-electron chi connectivity index (χ1n) is 7.11. The number of nitrogens with zero attached hydrogens (tertiary/aromatic N) is 3. The van der Waals surface area contributed by atoms with Crippen molar-refractivity contribution in [3.8, 4) is 0 Å². The number of rotatable bonds is 5. The second kappa shape index (κ2) is 7.05. The molecule has 4 heteroatoms. The van der Waals surface area contributed by atoms with E-state index in [4.69, 9.17) is 11.6 Å². The Hall–Kier alpha value is -2.39. The molecule has 0 bridgehead atoms. The summed E-state index contributed by atoms with van der Waals surface area (Å²) < 4.78 is 0. The van der Waals surface area contributed by atoms with Crippen LogP contribution >= 0.6 is 11.6 Å². The van der Waals surface area contributed by atoms with Crippen molar-refractivity contribution in [3.05, 3.63) is 89.3 Å². The highest BCUT2D eigenvalue weighted by atomic mass is 35.5. The maximum absolute atomic E-state index is 6.02. The van der Waals surface area contributed by atoms with Crippen LogP contribution < -0.4 is 4.90 Å². The van der Waals surface area contributed by atoms with Crippen LogP contribution in [0.2, 0.25) is 5.15 Å². The molecule has 0 fully saturated rings. The minimum atomic E-state index is 0.455. The molecule has 0 atom stereocenters. The van der Waals surface area contributed by atoms with E-state index in [1.54, 1.807) is 6.07 Å². The molecule has 22 heavy (non-hydrogen) atoms. The molecule has 0 unspecified atom stereocenters. The van der Waals surface area contributed by atoms with Gasteiger partial charge in [-0.25, -0.2) is 9.97 Å². The maximum Gasteiger partial charge on any atom is 0.134 e. The fourth-order valence-corrected chi connectivity index (χ4v) is 2.46. The van der Waals surface area contributed by atoms with Crippen molar-refractivity contribution >= 4 is 17.4 Å². The van der Waals surface area contributed by atoms with Crippen LogP contribution in [0.25, 0.3) is 0 Å². The van der Waals surface area contributed by atoms with E-state index < -0.39 is 0 Å². The third-order valence-corrected chi connectivity index (χ3v) is 3.58.